The number of amides is 2. The average Bonchev–Trinajstić information content (AvgIpc) is 3.05. The monoisotopic (exact) mass is 329 g/mol. The molecule has 2 saturated heterocycles. The van der Waals surface area contributed by atoms with Gasteiger partial charge in [-0.25, -0.2) is 10.4 Å². The van der Waals surface area contributed by atoms with Crippen molar-refractivity contribution in [3.05, 3.63) is 35.9 Å². The predicted octanol–water partition coefficient (Wildman–Crippen LogP) is 0.0109. The first-order valence-electron chi connectivity index (χ1n) is 8.65. The highest BCUT2D eigenvalue weighted by molar-refractivity contribution is 5.86. The van der Waals surface area contributed by atoms with E-state index >= 15 is 0 Å². The minimum atomic E-state index is -0.500. The average molecular weight is 329 g/mol. The second-order valence-electron chi connectivity index (χ2n) is 6.76. The summed E-state index contributed by atoms with van der Waals surface area (Å²) in [6, 6.07) is 9.46. The molecule has 3 fully saturated rings. The Balaban J connectivity index is 1.42. The molecule has 1 aliphatic carbocycles. The maximum atomic E-state index is 12.5. The fourth-order valence-electron chi connectivity index (χ4n) is 4.00. The lowest BCUT2D eigenvalue weighted by Gasteiger charge is -2.44. The molecule has 2 amide bonds. The molecule has 0 spiro atoms. The molecule has 2 heterocycles. The van der Waals surface area contributed by atoms with Gasteiger partial charge >= 0.3 is 0 Å². The number of rotatable bonds is 3. The molecule has 0 aromatic heterocycles. The highest BCUT2D eigenvalue weighted by atomic mass is 16.2. The minimum Gasteiger partial charge on any atom is -0.351 e. The van der Waals surface area contributed by atoms with Crippen molar-refractivity contribution in [3.8, 4) is 0 Å². The summed E-state index contributed by atoms with van der Waals surface area (Å²) in [7, 11) is 0. The second-order valence-corrected chi connectivity index (χ2v) is 6.76. The van der Waals surface area contributed by atoms with E-state index in [0.717, 1.165) is 31.2 Å². The van der Waals surface area contributed by atoms with Gasteiger partial charge in [-0.05, 0) is 18.4 Å². The number of carbonyl (C=O) groups excluding carboxylic acids is 2. The van der Waals surface area contributed by atoms with E-state index in [9.17, 15) is 9.59 Å². The highest BCUT2D eigenvalue weighted by Crippen LogP contribution is 2.33. The first-order valence-corrected chi connectivity index (χ1v) is 8.65. The number of nitrogens with zero attached hydrogens (tertiary/aromatic N) is 1. The molecule has 4 atom stereocenters. The smallest absolute Gasteiger partial charge is 0.242 e. The maximum Gasteiger partial charge on any atom is 0.242 e. The van der Waals surface area contributed by atoms with Crippen molar-refractivity contribution in [1.29, 1.82) is 0 Å². The topological polar surface area (TPSA) is 85.5 Å². The van der Waals surface area contributed by atoms with Gasteiger partial charge < -0.3 is 10.6 Å². The zero-order valence-corrected chi connectivity index (χ0v) is 13.5. The van der Waals surface area contributed by atoms with Gasteiger partial charge in [0.15, 0.2) is 0 Å². The molecule has 0 radical (unpaired) electrons. The molecule has 7 nitrogen and oxygen atoms in total. The minimum absolute atomic E-state index is 0.0235. The molecule has 0 bridgehead atoms. The molecule has 1 saturated carbocycles. The SMILES string of the molecule is O=C1NC2C(C(=O)NCc3ccccc3)NNN2C2CCCCC12. The number of hydrogen-bond donors (Lipinski definition) is 4. The van der Waals surface area contributed by atoms with Gasteiger partial charge in [-0.15, -0.1) is 0 Å². The number of fused-ring (bicyclic) bond motifs is 3. The van der Waals surface area contributed by atoms with E-state index in [1.165, 1.54) is 0 Å². The Labute approximate surface area is 141 Å². The van der Waals surface area contributed by atoms with Gasteiger partial charge in [0.2, 0.25) is 11.8 Å². The summed E-state index contributed by atoms with van der Waals surface area (Å²) < 4.78 is 0. The van der Waals surface area contributed by atoms with Crippen molar-refractivity contribution in [2.45, 2.75) is 50.5 Å². The standard InChI is InChI=1S/C17H23N5O2/c23-16-12-8-4-5-9-13(12)22-15(19-16)14(20-21-22)17(24)18-10-11-6-2-1-3-7-11/h1-3,6-7,12-15,20-21H,4-5,8-10H2,(H,18,24)(H,19,23). The van der Waals surface area contributed by atoms with Gasteiger partial charge in [-0.1, -0.05) is 43.2 Å². The Hall–Kier alpha value is -1.96. The normalized spacial score (nSPS) is 32.6. The molecular formula is C17H23N5O2. The molecule has 24 heavy (non-hydrogen) atoms. The summed E-state index contributed by atoms with van der Waals surface area (Å²) in [6.07, 6.45) is 3.80. The first kappa shape index (κ1) is 15.6. The van der Waals surface area contributed by atoms with Crippen molar-refractivity contribution in [1.82, 2.24) is 26.6 Å². The summed E-state index contributed by atoms with van der Waals surface area (Å²) in [5.41, 5.74) is 7.20. The molecule has 7 heteroatoms. The summed E-state index contributed by atoms with van der Waals surface area (Å²) in [5.74, 6) is -0.0175. The number of hydrazine groups is 2. The van der Waals surface area contributed by atoms with Gasteiger partial charge in [0, 0.05) is 12.6 Å². The van der Waals surface area contributed by atoms with Gasteiger partial charge in [-0.2, -0.15) is 5.53 Å². The van der Waals surface area contributed by atoms with Crippen LogP contribution in [0.4, 0.5) is 0 Å². The van der Waals surface area contributed by atoms with Crippen LogP contribution in [0.15, 0.2) is 30.3 Å². The largest absolute Gasteiger partial charge is 0.351 e. The van der Waals surface area contributed by atoms with Gasteiger partial charge in [0.1, 0.15) is 12.2 Å². The summed E-state index contributed by atoms with van der Waals surface area (Å²) in [4.78, 5) is 24.9. The third-order valence-electron chi connectivity index (χ3n) is 5.27. The number of benzene rings is 1. The van der Waals surface area contributed by atoms with Crippen molar-refractivity contribution >= 4 is 11.8 Å². The molecule has 2 aliphatic heterocycles. The molecule has 4 rings (SSSR count). The Morgan fingerprint density at radius 2 is 2.00 bits per heavy atom. The number of carbonyl (C=O) groups is 2. The van der Waals surface area contributed by atoms with E-state index in [1.54, 1.807) is 0 Å². The zero-order chi connectivity index (χ0) is 16.5. The second kappa shape index (κ2) is 6.51. The van der Waals surface area contributed by atoms with E-state index in [2.05, 4.69) is 21.6 Å². The van der Waals surface area contributed by atoms with Crippen LogP contribution in [-0.2, 0) is 16.1 Å². The lowest BCUT2D eigenvalue weighted by atomic mass is 9.81. The molecule has 4 unspecified atom stereocenters. The zero-order valence-electron chi connectivity index (χ0n) is 13.5. The van der Waals surface area contributed by atoms with Crippen LogP contribution in [0.1, 0.15) is 31.2 Å². The van der Waals surface area contributed by atoms with Gasteiger partial charge in [0.05, 0.1) is 5.92 Å². The van der Waals surface area contributed by atoms with Crippen LogP contribution in [0.5, 0.6) is 0 Å². The van der Waals surface area contributed by atoms with Crippen LogP contribution in [0.3, 0.4) is 0 Å². The van der Waals surface area contributed by atoms with E-state index in [1.807, 2.05) is 35.3 Å². The quantitative estimate of drug-likeness (QED) is 0.628. The molecular weight excluding hydrogens is 306 g/mol. The van der Waals surface area contributed by atoms with Crippen LogP contribution in [0.2, 0.25) is 0 Å². The van der Waals surface area contributed by atoms with E-state index in [4.69, 9.17) is 0 Å². The molecule has 3 aliphatic rings. The third kappa shape index (κ3) is 2.79. The Morgan fingerprint density at radius 3 is 2.83 bits per heavy atom. The fraction of sp³-hybridized carbons (Fsp3) is 0.529. The predicted molar refractivity (Wildman–Crippen MR) is 87.9 cm³/mol. The van der Waals surface area contributed by atoms with Crippen LogP contribution < -0.4 is 21.6 Å². The van der Waals surface area contributed by atoms with Crippen LogP contribution in [0, 0.1) is 5.92 Å². The molecule has 128 valence electrons. The fourth-order valence-corrected chi connectivity index (χ4v) is 4.00. The van der Waals surface area contributed by atoms with Crippen molar-refractivity contribution < 1.29 is 9.59 Å². The Kier molecular flexibility index (Phi) is 4.22. The molecule has 1 aromatic rings. The summed E-state index contributed by atoms with van der Waals surface area (Å²) in [6.45, 7) is 0.477. The van der Waals surface area contributed by atoms with Crippen LogP contribution >= 0.6 is 0 Å². The third-order valence-corrected chi connectivity index (χ3v) is 5.27. The first-order chi connectivity index (χ1) is 11.7. The maximum absolute atomic E-state index is 12.5. The number of nitrogens with one attached hydrogen (secondary N) is 4. The number of hydrogen-bond acceptors (Lipinski definition) is 5. The van der Waals surface area contributed by atoms with Gasteiger partial charge in [-0.3, -0.25) is 9.59 Å². The molecule has 4 N–H and O–H groups in total. The van der Waals surface area contributed by atoms with Crippen LogP contribution in [-0.4, -0.2) is 35.1 Å². The van der Waals surface area contributed by atoms with E-state index in [0.29, 0.717) is 6.54 Å². The Morgan fingerprint density at radius 1 is 1.21 bits per heavy atom. The lowest BCUT2D eigenvalue weighted by Crippen LogP contribution is -2.66. The summed E-state index contributed by atoms with van der Waals surface area (Å²) in [5, 5.41) is 7.98. The van der Waals surface area contributed by atoms with Crippen molar-refractivity contribution in [2.75, 3.05) is 0 Å². The van der Waals surface area contributed by atoms with Crippen molar-refractivity contribution in [2.24, 2.45) is 5.92 Å². The summed E-state index contributed by atoms with van der Waals surface area (Å²) >= 11 is 0. The van der Waals surface area contributed by atoms with Crippen LogP contribution in [0.25, 0.3) is 0 Å². The van der Waals surface area contributed by atoms with Gasteiger partial charge in [0.25, 0.3) is 0 Å². The highest BCUT2D eigenvalue weighted by Gasteiger charge is 2.50. The Bertz CT molecular complexity index is 623. The lowest BCUT2D eigenvalue weighted by molar-refractivity contribution is -0.140. The van der Waals surface area contributed by atoms with Crippen molar-refractivity contribution in [3.63, 3.8) is 0 Å². The van der Waals surface area contributed by atoms with E-state index < -0.39 is 6.04 Å². The van der Waals surface area contributed by atoms with E-state index in [-0.39, 0.29) is 29.9 Å². The molecule has 1 aromatic carbocycles.